The summed E-state index contributed by atoms with van der Waals surface area (Å²) < 4.78 is 5.72. The van der Waals surface area contributed by atoms with Crippen molar-refractivity contribution >= 4 is 17.6 Å². The number of benzene rings is 2. The Kier molecular flexibility index (Phi) is 8.91. The van der Waals surface area contributed by atoms with Crippen LogP contribution in [0.3, 0.4) is 0 Å². The van der Waals surface area contributed by atoms with Crippen LogP contribution in [0, 0.1) is 0 Å². The van der Waals surface area contributed by atoms with Crippen LogP contribution < -0.4 is 15.5 Å². The van der Waals surface area contributed by atoms with E-state index in [1.807, 2.05) is 35.2 Å². The van der Waals surface area contributed by atoms with Crippen molar-refractivity contribution in [2.24, 2.45) is 4.99 Å². The third-order valence-corrected chi connectivity index (χ3v) is 5.26. The molecule has 0 unspecified atom stereocenters. The first-order valence-corrected chi connectivity index (χ1v) is 11.3. The van der Waals surface area contributed by atoms with Crippen LogP contribution in [0.1, 0.15) is 49.8 Å². The summed E-state index contributed by atoms with van der Waals surface area (Å²) in [6, 6.07) is 16.5. The van der Waals surface area contributed by atoms with Crippen molar-refractivity contribution in [2.45, 2.75) is 52.8 Å². The van der Waals surface area contributed by atoms with Crippen molar-refractivity contribution in [3.8, 4) is 0 Å². The molecule has 0 radical (unpaired) electrons. The van der Waals surface area contributed by atoms with Gasteiger partial charge in [-0.15, -0.1) is 0 Å². The zero-order chi connectivity index (χ0) is 21.9. The summed E-state index contributed by atoms with van der Waals surface area (Å²) in [6.45, 7) is 8.46. The van der Waals surface area contributed by atoms with Crippen LogP contribution in [-0.2, 0) is 29.2 Å². The van der Waals surface area contributed by atoms with Gasteiger partial charge in [0.15, 0.2) is 5.96 Å². The molecular formula is C25H34N4O2. The molecule has 1 amide bonds. The molecule has 1 fully saturated rings. The van der Waals surface area contributed by atoms with Crippen LogP contribution in [0.15, 0.2) is 53.5 Å². The minimum absolute atomic E-state index is 0.213. The third kappa shape index (κ3) is 6.82. The lowest BCUT2D eigenvalue weighted by Crippen LogP contribution is -2.37. The Labute approximate surface area is 185 Å². The Morgan fingerprint density at radius 2 is 1.84 bits per heavy atom. The van der Waals surface area contributed by atoms with Crippen molar-refractivity contribution in [2.75, 3.05) is 24.6 Å². The van der Waals surface area contributed by atoms with Gasteiger partial charge in [-0.25, -0.2) is 4.99 Å². The predicted molar refractivity (Wildman–Crippen MR) is 126 cm³/mol. The molecule has 6 nitrogen and oxygen atoms in total. The first kappa shape index (κ1) is 22.8. The molecule has 1 aliphatic rings. The quantitative estimate of drug-likeness (QED) is 0.345. The summed E-state index contributed by atoms with van der Waals surface area (Å²) in [4.78, 5) is 18.5. The zero-order valence-electron chi connectivity index (χ0n) is 18.7. The first-order valence-electron chi connectivity index (χ1n) is 11.3. The average molecular weight is 423 g/mol. The van der Waals surface area contributed by atoms with Crippen molar-refractivity contribution in [3.05, 3.63) is 65.2 Å². The molecular weight excluding hydrogens is 388 g/mol. The maximum absolute atomic E-state index is 11.9. The standard InChI is InChI=1S/C25H34N4O2/c1-3-16-31-19-22-9-6-5-8-21(22)18-28-25(26-4-2)27-17-20-11-13-23(14-12-20)29-15-7-10-24(29)30/h5-6,8-9,11-14H,3-4,7,10,15-19H2,1-2H3,(H2,26,27,28). The largest absolute Gasteiger partial charge is 0.377 e. The summed E-state index contributed by atoms with van der Waals surface area (Å²) in [6.07, 6.45) is 2.61. The second kappa shape index (κ2) is 12.1. The summed E-state index contributed by atoms with van der Waals surface area (Å²) in [5, 5.41) is 6.74. The van der Waals surface area contributed by atoms with E-state index in [9.17, 15) is 4.79 Å². The molecule has 0 spiro atoms. The second-order valence-electron chi connectivity index (χ2n) is 7.69. The van der Waals surface area contributed by atoms with Gasteiger partial charge in [0, 0.05) is 38.3 Å². The number of hydrogen-bond acceptors (Lipinski definition) is 3. The number of anilines is 1. The van der Waals surface area contributed by atoms with Gasteiger partial charge in [0.2, 0.25) is 5.91 Å². The molecule has 1 aliphatic heterocycles. The molecule has 0 aliphatic carbocycles. The maximum atomic E-state index is 11.9. The number of nitrogens with one attached hydrogen (secondary N) is 2. The van der Waals surface area contributed by atoms with E-state index in [-0.39, 0.29) is 5.91 Å². The van der Waals surface area contributed by atoms with Crippen molar-refractivity contribution in [3.63, 3.8) is 0 Å². The normalized spacial score (nSPS) is 14.2. The number of ether oxygens (including phenoxy) is 1. The topological polar surface area (TPSA) is 66.0 Å². The van der Waals surface area contributed by atoms with Crippen LogP contribution in [0.2, 0.25) is 0 Å². The number of nitrogens with zero attached hydrogens (tertiary/aromatic N) is 2. The van der Waals surface area contributed by atoms with E-state index in [0.29, 0.717) is 26.1 Å². The van der Waals surface area contributed by atoms with E-state index in [1.54, 1.807) is 0 Å². The van der Waals surface area contributed by atoms with Crippen molar-refractivity contribution in [1.82, 2.24) is 10.6 Å². The van der Waals surface area contributed by atoms with Crippen LogP contribution in [0.25, 0.3) is 0 Å². The highest BCUT2D eigenvalue weighted by atomic mass is 16.5. The Morgan fingerprint density at radius 3 is 2.52 bits per heavy atom. The molecule has 2 N–H and O–H groups in total. The SMILES string of the molecule is CCCOCc1ccccc1CNC(=NCc1ccc(N2CCCC2=O)cc1)NCC. The van der Waals surface area contributed by atoms with Crippen molar-refractivity contribution in [1.29, 1.82) is 0 Å². The first-order chi connectivity index (χ1) is 15.2. The van der Waals surface area contributed by atoms with Gasteiger partial charge >= 0.3 is 0 Å². The van der Waals surface area contributed by atoms with E-state index in [0.717, 1.165) is 49.7 Å². The highest BCUT2D eigenvalue weighted by Crippen LogP contribution is 2.21. The molecule has 31 heavy (non-hydrogen) atoms. The average Bonchev–Trinajstić information content (AvgIpc) is 3.23. The Bertz CT molecular complexity index is 864. The molecule has 0 aromatic heterocycles. The molecule has 166 valence electrons. The van der Waals surface area contributed by atoms with Gasteiger partial charge in [0.1, 0.15) is 0 Å². The molecule has 2 aromatic rings. The highest BCUT2D eigenvalue weighted by molar-refractivity contribution is 5.95. The monoisotopic (exact) mass is 422 g/mol. The fourth-order valence-corrected chi connectivity index (χ4v) is 3.59. The van der Waals surface area contributed by atoms with Crippen LogP contribution in [0.5, 0.6) is 0 Å². The number of amides is 1. The zero-order valence-corrected chi connectivity index (χ0v) is 18.7. The lowest BCUT2D eigenvalue weighted by Gasteiger charge is -2.16. The fraction of sp³-hybridized carbons (Fsp3) is 0.440. The molecule has 0 saturated carbocycles. The smallest absolute Gasteiger partial charge is 0.227 e. The summed E-state index contributed by atoms with van der Waals surface area (Å²) >= 11 is 0. The fourth-order valence-electron chi connectivity index (χ4n) is 3.59. The van der Waals surface area contributed by atoms with E-state index in [2.05, 4.69) is 42.7 Å². The van der Waals surface area contributed by atoms with Gasteiger partial charge in [-0.1, -0.05) is 43.3 Å². The number of aliphatic imine (C=N–C) groups is 1. The lowest BCUT2D eigenvalue weighted by molar-refractivity contribution is -0.117. The maximum Gasteiger partial charge on any atom is 0.227 e. The lowest BCUT2D eigenvalue weighted by atomic mass is 10.1. The van der Waals surface area contributed by atoms with Gasteiger partial charge in [-0.05, 0) is 48.6 Å². The minimum Gasteiger partial charge on any atom is -0.377 e. The predicted octanol–water partition coefficient (Wildman–Crippen LogP) is 4.00. The van der Waals surface area contributed by atoms with Crippen molar-refractivity contribution < 1.29 is 9.53 Å². The van der Waals surface area contributed by atoms with E-state index in [4.69, 9.17) is 9.73 Å². The van der Waals surface area contributed by atoms with Gasteiger partial charge < -0.3 is 20.3 Å². The number of hydrogen-bond donors (Lipinski definition) is 2. The van der Waals surface area contributed by atoms with Crippen LogP contribution in [-0.4, -0.2) is 31.6 Å². The van der Waals surface area contributed by atoms with Crippen LogP contribution >= 0.6 is 0 Å². The Balaban J connectivity index is 1.59. The molecule has 1 saturated heterocycles. The van der Waals surface area contributed by atoms with Gasteiger partial charge in [-0.2, -0.15) is 0 Å². The molecule has 0 atom stereocenters. The molecule has 6 heteroatoms. The van der Waals surface area contributed by atoms with Gasteiger partial charge in [0.05, 0.1) is 13.2 Å². The number of carbonyl (C=O) groups excluding carboxylic acids is 1. The molecule has 3 rings (SSSR count). The highest BCUT2D eigenvalue weighted by Gasteiger charge is 2.21. The summed E-state index contributed by atoms with van der Waals surface area (Å²) in [5.74, 6) is 0.996. The molecule has 2 aromatic carbocycles. The van der Waals surface area contributed by atoms with Gasteiger partial charge in [0.25, 0.3) is 0 Å². The van der Waals surface area contributed by atoms with E-state index in [1.165, 1.54) is 11.1 Å². The third-order valence-electron chi connectivity index (χ3n) is 5.26. The van der Waals surface area contributed by atoms with Crippen LogP contribution in [0.4, 0.5) is 5.69 Å². The number of carbonyl (C=O) groups is 1. The molecule has 0 bridgehead atoms. The number of rotatable bonds is 10. The van der Waals surface area contributed by atoms with E-state index >= 15 is 0 Å². The Morgan fingerprint density at radius 1 is 1.06 bits per heavy atom. The minimum atomic E-state index is 0.213. The summed E-state index contributed by atoms with van der Waals surface area (Å²) in [7, 11) is 0. The number of guanidine groups is 1. The molecule has 1 heterocycles. The summed E-state index contributed by atoms with van der Waals surface area (Å²) in [5.41, 5.74) is 4.50. The Hall–Kier alpha value is -2.86. The van der Waals surface area contributed by atoms with Gasteiger partial charge in [-0.3, -0.25) is 4.79 Å². The van der Waals surface area contributed by atoms with E-state index < -0.39 is 0 Å². The second-order valence-corrected chi connectivity index (χ2v) is 7.69.